The molecule has 0 amide bonds. The first-order valence-electron chi connectivity index (χ1n) is 11.7. The fourth-order valence-corrected chi connectivity index (χ4v) is 4.54. The van der Waals surface area contributed by atoms with Crippen LogP contribution in [-0.4, -0.2) is 107 Å². The quantitative estimate of drug-likeness (QED) is 0.137. The highest BCUT2D eigenvalue weighted by Crippen LogP contribution is 2.30. The first-order valence-corrected chi connectivity index (χ1v) is 11.7. The van der Waals surface area contributed by atoms with Gasteiger partial charge in [0.1, 0.15) is 36.6 Å². The van der Waals surface area contributed by atoms with Crippen molar-refractivity contribution in [3.63, 3.8) is 0 Å². The molecule has 3 aromatic heterocycles. The standard InChI is InChI=1S/C11H15N5O5.C10H14N2O6/c1-15-3-16(8-5(15)9(20)14-11(12)13-8)10-7(19)6(18)4(2-17)21-10;1-17-8-7(15)5(4-13)18-9(8)12-3-2-6(14)11-10(12)16/h3-4,6-7,10,17-19H,2H2,1H3,(H2-,12,13,14,20);2-3,5,7-9,13,15H,4H2,1H3,(H,11,14,16)/p+1/t4-,6-,7-,10-;5-,7-,8-,9-/m11/s1. The predicted octanol–water partition coefficient (Wildman–Crippen LogP) is -5.45. The first kappa shape index (κ1) is 28.5. The molecule has 2 fully saturated rings. The number of H-pyrrole nitrogens is 2. The van der Waals surface area contributed by atoms with Crippen LogP contribution in [0.1, 0.15) is 12.5 Å². The molecule has 9 N–H and O–H groups in total. The van der Waals surface area contributed by atoms with E-state index in [2.05, 4.69) is 15.0 Å². The third kappa shape index (κ3) is 5.23. The van der Waals surface area contributed by atoms with Crippen molar-refractivity contribution in [2.24, 2.45) is 7.05 Å². The predicted molar refractivity (Wildman–Crippen MR) is 128 cm³/mol. The molecule has 0 unspecified atom stereocenters. The Morgan fingerprint density at radius 1 is 1.08 bits per heavy atom. The molecule has 18 nitrogen and oxygen atoms in total. The van der Waals surface area contributed by atoms with E-state index in [1.165, 1.54) is 28.8 Å². The Morgan fingerprint density at radius 2 is 1.74 bits per heavy atom. The molecule has 8 atom stereocenters. The molecule has 0 bridgehead atoms. The van der Waals surface area contributed by atoms with Gasteiger partial charge in [-0.05, 0) is 0 Å². The smallest absolute Gasteiger partial charge is 0.330 e. The number of nitrogens with two attached hydrogens (primary N) is 1. The highest BCUT2D eigenvalue weighted by Gasteiger charge is 2.47. The lowest BCUT2D eigenvalue weighted by Crippen LogP contribution is -2.46. The Kier molecular flexibility index (Phi) is 8.28. The Morgan fingerprint density at radius 3 is 2.33 bits per heavy atom. The Balaban J connectivity index is 0.000000183. The molecule has 5 rings (SSSR count). The molecule has 0 spiro atoms. The summed E-state index contributed by atoms with van der Waals surface area (Å²) < 4.78 is 19.9. The summed E-state index contributed by atoms with van der Waals surface area (Å²) in [5.74, 6) is -0.0702. The van der Waals surface area contributed by atoms with Crippen LogP contribution in [0, 0.1) is 0 Å². The van der Waals surface area contributed by atoms with Crippen LogP contribution in [0.15, 0.2) is 33.0 Å². The number of hydrogen-bond donors (Lipinski definition) is 8. The van der Waals surface area contributed by atoms with Crippen molar-refractivity contribution < 1.29 is 44.3 Å². The highest BCUT2D eigenvalue weighted by molar-refractivity contribution is 5.67. The summed E-state index contributed by atoms with van der Waals surface area (Å²) in [6.07, 6.45) is -5.21. The van der Waals surface area contributed by atoms with Gasteiger partial charge in [-0.3, -0.25) is 28.7 Å². The number of nitrogens with zero attached hydrogens (tertiary/aromatic N) is 4. The molecule has 0 aromatic carbocycles. The van der Waals surface area contributed by atoms with E-state index >= 15 is 0 Å². The van der Waals surface area contributed by atoms with Crippen molar-refractivity contribution >= 4 is 17.1 Å². The summed E-state index contributed by atoms with van der Waals surface area (Å²) in [6, 6.07) is 1.16. The zero-order valence-electron chi connectivity index (χ0n) is 20.8. The number of hydrogen-bond acceptors (Lipinski definition) is 13. The number of ether oxygens (including phenoxy) is 3. The molecule has 3 aromatic rings. The molecular weight excluding hydrogens is 526 g/mol. The van der Waals surface area contributed by atoms with Crippen LogP contribution in [0.5, 0.6) is 0 Å². The van der Waals surface area contributed by atoms with Crippen LogP contribution >= 0.6 is 0 Å². The van der Waals surface area contributed by atoms with Crippen LogP contribution in [0.3, 0.4) is 0 Å². The number of aryl methyl sites for hydroxylation is 1. The van der Waals surface area contributed by atoms with Crippen molar-refractivity contribution in [2.45, 2.75) is 49.1 Å². The van der Waals surface area contributed by atoms with Crippen molar-refractivity contribution in [2.75, 3.05) is 26.1 Å². The zero-order chi connectivity index (χ0) is 28.6. The minimum Gasteiger partial charge on any atom is -0.394 e. The molecule has 0 aliphatic carbocycles. The van der Waals surface area contributed by atoms with E-state index in [1.54, 1.807) is 7.05 Å². The Bertz CT molecular complexity index is 1480. The minimum absolute atomic E-state index is 0.0702. The van der Waals surface area contributed by atoms with Gasteiger partial charge in [-0.15, -0.1) is 0 Å². The van der Waals surface area contributed by atoms with Gasteiger partial charge in [0.25, 0.3) is 17.1 Å². The number of anilines is 1. The summed E-state index contributed by atoms with van der Waals surface area (Å²) in [7, 11) is 2.99. The minimum atomic E-state index is -1.26. The molecule has 214 valence electrons. The fraction of sp³-hybridized carbons (Fsp3) is 0.571. The summed E-state index contributed by atoms with van der Waals surface area (Å²) in [4.78, 5) is 43.0. The van der Waals surface area contributed by atoms with E-state index in [0.717, 1.165) is 10.6 Å². The number of aliphatic hydroxyl groups is 5. The number of fused-ring (bicyclic) bond motifs is 1. The average Bonchev–Trinajstić information content (AvgIpc) is 3.49. The molecule has 0 radical (unpaired) electrons. The number of imidazole rings is 1. The lowest BCUT2D eigenvalue weighted by molar-refractivity contribution is -0.745. The lowest BCUT2D eigenvalue weighted by Gasteiger charge is -2.19. The van der Waals surface area contributed by atoms with Gasteiger partial charge in [-0.1, -0.05) is 4.98 Å². The molecule has 2 aliphatic rings. The van der Waals surface area contributed by atoms with Crippen LogP contribution in [-0.2, 0) is 21.3 Å². The SMILES string of the molecule is CO[C@@H]1[C@H](O)[C@@H](CO)O[C@H]1n1ccc(=O)[nH]c1=O.Cn1c[n+]([C@@H]2O[C@H](CO)[C@@H](O)[C@H]2O)c2nc(N)[nH]c(=O)c21. The van der Waals surface area contributed by atoms with E-state index in [0.29, 0.717) is 0 Å². The Labute approximate surface area is 218 Å². The fourth-order valence-electron chi connectivity index (χ4n) is 4.54. The van der Waals surface area contributed by atoms with Crippen molar-refractivity contribution in [1.82, 2.24) is 24.1 Å². The number of aromatic amines is 2. The third-order valence-electron chi connectivity index (χ3n) is 6.47. The highest BCUT2D eigenvalue weighted by atomic mass is 16.6. The second-order valence-electron chi connectivity index (χ2n) is 8.94. The van der Waals surface area contributed by atoms with E-state index in [-0.39, 0.29) is 17.1 Å². The van der Waals surface area contributed by atoms with Crippen LogP contribution in [0.25, 0.3) is 11.2 Å². The topological polar surface area (TPSA) is 264 Å². The van der Waals surface area contributed by atoms with Gasteiger partial charge in [0.15, 0.2) is 12.6 Å². The van der Waals surface area contributed by atoms with Crippen molar-refractivity contribution in [1.29, 1.82) is 0 Å². The largest absolute Gasteiger partial charge is 0.394 e. The van der Waals surface area contributed by atoms with Gasteiger partial charge in [-0.2, -0.15) is 0 Å². The number of methoxy groups -OCH3 is 1. The van der Waals surface area contributed by atoms with Crippen molar-refractivity contribution in [3.8, 4) is 0 Å². The van der Waals surface area contributed by atoms with Gasteiger partial charge < -0.3 is 45.5 Å². The summed E-state index contributed by atoms with van der Waals surface area (Å²) in [5.41, 5.74) is 4.39. The van der Waals surface area contributed by atoms with Gasteiger partial charge in [0, 0.05) is 19.4 Å². The molecule has 2 saturated heterocycles. The van der Waals surface area contributed by atoms with Gasteiger partial charge >= 0.3 is 11.3 Å². The summed E-state index contributed by atoms with van der Waals surface area (Å²) in [6.45, 7) is -0.828. The lowest BCUT2D eigenvalue weighted by atomic mass is 10.1. The normalized spacial score (nSPS) is 30.4. The first-order chi connectivity index (χ1) is 18.5. The van der Waals surface area contributed by atoms with Crippen LogP contribution in [0.2, 0.25) is 0 Å². The average molecular weight is 557 g/mol. The van der Waals surface area contributed by atoms with Crippen LogP contribution in [0.4, 0.5) is 5.95 Å². The maximum Gasteiger partial charge on any atom is 0.330 e. The number of nitrogens with one attached hydrogen (secondary N) is 2. The summed E-state index contributed by atoms with van der Waals surface area (Å²) in [5, 5.41) is 47.9. The third-order valence-corrected chi connectivity index (χ3v) is 6.47. The Hall–Kier alpha value is -3.49. The number of aliphatic hydroxyl groups excluding tert-OH is 5. The van der Waals surface area contributed by atoms with E-state index in [9.17, 15) is 29.7 Å². The monoisotopic (exact) mass is 556 g/mol. The second-order valence-corrected chi connectivity index (χ2v) is 8.94. The molecule has 2 aliphatic heterocycles. The van der Waals surface area contributed by atoms with Crippen LogP contribution < -0.4 is 27.1 Å². The van der Waals surface area contributed by atoms with E-state index in [1.807, 2.05) is 0 Å². The van der Waals surface area contributed by atoms with Gasteiger partial charge in [-0.25, -0.2) is 9.36 Å². The molecule has 0 saturated carbocycles. The maximum absolute atomic E-state index is 11.9. The van der Waals surface area contributed by atoms with Gasteiger partial charge in [0.05, 0.1) is 20.3 Å². The number of nitrogen functional groups attached to an aromatic ring is 1. The molecule has 39 heavy (non-hydrogen) atoms. The van der Waals surface area contributed by atoms with Gasteiger partial charge in [0.2, 0.25) is 11.7 Å². The molecule has 18 heteroatoms. The van der Waals surface area contributed by atoms with E-state index < -0.39 is 79.1 Å². The van der Waals surface area contributed by atoms with E-state index in [4.69, 9.17) is 30.2 Å². The maximum atomic E-state index is 11.9. The molecule has 5 heterocycles. The molecular formula is C21H30N7O11+. The summed E-state index contributed by atoms with van der Waals surface area (Å²) >= 11 is 0. The number of aromatic nitrogens is 6. The zero-order valence-corrected chi connectivity index (χ0v) is 20.8. The second kappa shape index (κ2) is 11.3. The van der Waals surface area contributed by atoms with Crippen molar-refractivity contribution in [3.05, 3.63) is 49.8 Å². The number of rotatable bonds is 5.